The smallest absolute Gasteiger partial charge is 0.0628 e. The Morgan fingerprint density at radius 1 is 1.35 bits per heavy atom. The summed E-state index contributed by atoms with van der Waals surface area (Å²) in [5, 5.41) is 12.3. The van der Waals surface area contributed by atoms with E-state index in [0.29, 0.717) is 6.42 Å². The second-order valence-corrected chi connectivity index (χ2v) is 5.10. The Morgan fingerprint density at radius 3 is 2.65 bits per heavy atom. The summed E-state index contributed by atoms with van der Waals surface area (Å²) in [6.45, 7) is 0.908. The van der Waals surface area contributed by atoms with Crippen LogP contribution in [0, 0.1) is 16.7 Å². The summed E-state index contributed by atoms with van der Waals surface area (Å²) in [6.07, 6.45) is 3.03. The summed E-state index contributed by atoms with van der Waals surface area (Å²) >= 11 is 0. The molecule has 90 valence electrons. The zero-order valence-corrected chi connectivity index (χ0v) is 10.5. The van der Waals surface area contributed by atoms with Crippen molar-refractivity contribution in [2.45, 2.75) is 19.3 Å². The van der Waals surface area contributed by atoms with Gasteiger partial charge in [0.05, 0.1) is 17.4 Å². The van der Waals surface area contributed by atoms with E-state index in [0.717, 1.165) is 12.2 Å². The second kappa shape index (κ2) is 4.67. The number of hydrogen-bond acceptors (Lipinski definition) is 3. The van der Waals surface area contributed by atoms with Gasteiger partial charge in [0.25, 0.3) is 0 Å². The molecule has 0 aliphatic heterocycles. The van der Waals surface area contributed by atoms with Gasteiger partial charge in [-0.15, -0.1) is 0 Å². The fourth-order valence-electron chi connectivity index (χ4n) is 2.06. The SMILES string of the molecule is CN(C)c1ccccc1NCC1(CC#N)CC1. The van der Waals surface area contributed by atoms with Gasteiger partial charge in [-0.25, -0.2) is 0 Å². The van der Waals surface area contributed by atoms with E-state index in [1.165, 1.54) is 18.5 Å². The predicted molar refractivity (Wildman–Crippen MR) is 71.2 cm³/mol. The van der Waals surface area contributed by atoms with Crippen molar-refractivity contribution in [3.8, 4) is 6.07 Å². The molecule has 17 heavy (non-hydrogen) atoms. The molecule has 0 radical (unpaired) electrons. The van der Waals surface area contributed by atoms with E-state index >= 15 is 0 Å². The summed E-state index contributed by atoms with van der Waals surface area (Å²) in [6, 6.07) is 10.6. The lowest BCUT2D eigenvalue weighted by molar-refractivity contribution is 0.557. The largest absolute Gasteiger partial charge is 0.383 e. The molecule has 0 bridgehead atoms. The van der Waals surface area contributed by atoms with E-state index in [1.54, 1.807) is 0 Å². The minimum Gasteiger partial charge on any atom is -0.383 e. The Labute approximate surface area is 103 Å². The summed E-state index contributed by atoms with van der Waals surface area (Å²) in [5.41, 5.74) is 2.59. The third-order valence-electron chi connectivity index (χ3n) is 3.45. The van der Waals surface area contributed by atoms with Gasteiger partial charge in [-0.3, -0.25) is 0 Å². The molecule has 3 heteroatoms. The molecule has 1 aliphatic rings. The number of nitrogens with one attached hydrogen (secondary N) is 1. The van der Waals surface area contributed by atoms with Crippen molar-refractivity contribution in [1.82, 2.24) is 0 Å². The van der Waals surface area contributed by atoms with E-state index in [2.05, 4.69) is 28.4 Å². The van der Waals surface area contributed by atoms with Crippen LogP contribution in [0.3, 0.4) is 0 Å². The third-order valence-corrected chi connectivity index (χ3v) is 3.45. The monoisotopic (exact) mass is 229 g/mol. The number of benzene rings is 1. The van der Waals surface area contributed by atoms with E-state index < -0.39 is 0 Å². The van der Waals surface area contributed by atoms with Crippen LogP contribution in [0.5, 0.6) is 0 Å². The normalized spacial score (nSPS) is 16.1. The number of rotatable bonds is 5. The molecule has 1 N–H and O–H groups in total. The summed E-state index contributed by atoms with van der Waals surface area (Å²) in [5.74, 6) is 0. The second-order valence-electron chi connectivity index (χ2n) is 5.10. The maximum atomic E-state index is 8.80. The lowest BCUT2D eigenvalue weighted by Gasteiger charge is -2.20. The van der Waals surface area contributed by atoms with Gasteiger partial charge in [-0.2, -0.15) is 5.26 Å². The highest BCUT2D eigenvalue weighted by atomic mass is 15.1. The Morgan fingerprint density at radius 2 is 2.06 bits per heavy atom. The summed E-state index contributed by atoms with van der Waals surface area (Å²) in [4.78, 5) is 2.10. The van der Waals surface area contributed by atoms with Gasteiger partial charge >= 0.3 is 0 Å². The van der Waals surface area contributed by atoms with Gasteiger partial charge in [-0.05, 0) is 25.0 Å². The van der Waals surface area contributed by atoms with Gasteiger partial charge in [0, 0.05) is 32.5 Å². The van der Waals surface area contributed by atoms with Crippen molar-refractivity contribution >= 4 is 11.4 Å². The number of nitrogens with zero attached hydrogens (tertiary/aromatic N) is 2. The molecule has 0 heterocycles. The highest BCUT2D eigenvalue weighted by molar-refractivity contribution is 5.69. The zero-order valence-electron chi connectivity index (χ0n) is 10.5. The van der Waals surface area contributed by atoms with Crippen LogP contribution in [-0.2, 0) is 0 Å². The Bertz CT molecular complexity index is 427. The number of para-hydroxylation sites is 2. The van der Waals surface area contributed by atoms with Crippen molar-refractivity contribution in [3.05, 3.63) is 24.3 Å². The van der Waals surface area contributed by atoms with Crippen molar-refractivity contribution in [2.75, 3.05) is 30.9 Å². The van der Waals surface area contributed by atoms with E-state index in [4.69, 9.17) is 5.26 Å². The standard InChI is InChI=1S/C14H19N3/c1-17(2)13-6-4-3-5-12(13)16-11-14(7-8-14)9-10-15/h3-6,16H,7-9,11H2,1-2H3. The van der Waals surface area contributed by atoms with Crippen molar-refractivity contribution < 1.29 is 0 Å². The molecule has 1 fully saturated rings. The highest BCUT2D eigenvalue weighted by Crippen LogP contribution is 2.48. The Balaban J connectivity index is 2.02. The quantitative estimate of drug-likeness (QED) is 0.843. The van der Waals surface area contributed by atoms with Crippen LogP contribution in [0.15, 0.2) is 24.3 Å². The number of hydrogen-bond donors (Lipinski definition) is 1. The summed E-state index contributed by atoms with van der Waals surface area (Å²) < 4.78 is 0. The maximum absolute atomic E-state index is 8.80. The molecule has 3 nitrogen and oxygen atoms in total. The highest BCUT2D eigenvalue weighted by Gasteiger charge is 2.42. The number of anilines is 2. The zero-order chi connectivity index (χ0) is 12.3. The first-order valence-electron chi connectivity index (χ1n) is 6.04. The predicted octanol–water partition coefficient (Wildman–Crippen LogP) is 2.86. The molecule has 1 aliphatic carbocycles. The molecule has 0 spiro atoms. The van der Waals surface area contributed by atoms with Crippen LogP contribution >= 0.6 is 0 Å². The molecule has 0 unspecified atom stereocenters. The van der Waals surface area contributed by atoms with E-state index in [1.807, 2.05) is 26.2 Å². The Hall–Kier alpha value is -1.69. The van der Waals surface area contributed by atoms with Crippen LogP contribution in [0.25, 0.3) is 0 Å². The topological polar surface area (TPSA) is 39.1 Å². The van der Waals surface area contributed by atoms with Gasteiger partial charge in [0.2, 0.25) is 0 Å². The van der Waals surface area contributed by atoms with Crippen LogP contribution in [0.4, 0.5) is 11.4 Å². The van der Waals surface area contributed by atoms with Crippen LogP contribution in [-0.4, -0.2) is 20.6 Å². The van der Waals surface area contributed by atoms with Gasteiger partial charge < -0.3 is 10.2 Å². The third kappa shape index (κ3) is 2.71. The molecule has 1 aromatic carbocycles. The minimum absolute atomic E-state index is 0.244. The molecule has 2 rings (SSSR count). The van der Waals surface area contributed by atoms with Gasteiger partial charge in [0.15, 0.2) is 0 Å². The molecule has 0 aromatic heterocycles. The van der Waals surface area contributed by atoms with Crippen LogP contribution in [0.2, 0.25) is 0 Å². The van der Waals surface area contributed by atoms with E-state index in [9.17, 15) is 0 Å². The van der Waals surface area contributed by atoms with Crippen LogP contribution in [0.1, 0.15) is 19.3 Å². The average Bonchev–Trinajstić information content (AvgIpc) is 3.08. The molecule has 0 amide bonds. The maximum Gasteiger partial charge on any atom is 0.0628 e. The fourth-order valence-corrected chi connectivity index (χ4v) is 2.06. The van der Waals surface area contributed by atoms with Gasteiger partial charge in [0.1, 0.15) is 0 Å². The Kier molecular flexibility index (Phi) is 3.23. The fraction of sp³-hybridized carbons (Fsp3) is 0.500. The first-order chi connectivity index (χ1) is 8.17. The van der Waals surface area contributed by atoms with Crippen molar-refractivity contribution in [2.24, 2.45) is 5.41 Å². The lowest BCUT2D eigenvalue weighted by atomic mass is 10.0. The number of nitriles is 1. The molecule has 0 saturated heterocycles. The van der Waals surface area contributed by atoms with Crippen LogP contribution < -0.4 is 10.2 Å². The molecule has 1 saturated carbocycles. The average molecular weight is 229 g/mol. The minimum atomic E-state index is 0.244. The summed E-state index contributed by atoms with van der Waals surface area (Å²) in [7, 11) is 4.09. The molecular formula is C14H19N3. The van der Waals surface area contributed by atoms with Crippen molar-refractivity contribution in [3.63, 3.8) is 0 Å². The first-order valence-corrected chi connectivity index (χ1v) is 6.04. The molecule has 1 aromatic rings. The lowest BCUT2D eigenvalue weighted by Crippen LogP contribution is -2.17. The van der Waals surface area contributed by atoms with Crippen molar-refractivity contribution in [1.29, 1.82) is 5.26 Å². The molecule has 0 atom stereocenters. The van der Waals surface area contributed by atoms with Gasteiger partial charge in [-0.1, -0.05) is 12.1 Å². The van der Waals surface area contributed by atoms with E-state index in [-0.39, 0.29) is 5.41 Å². The molecular weight excluding hydrogens is 210 g/mol. The first kappa shape index (κ1) is 11.8.